The van der Waals surface area contributed by atoms with Crippen LogP contribution in [-0.4, -0.2) is 22.9 Å². The highest BCUT2D eigenvalue weighted by atomic mass is 16.4. The van der Waals surface area contributed by atoms with E-state index in [4.69, 9.17) is 10.2 Å². The molecule has 2 heterocycles. The Kier molecular flexibility index (Phi) is 3.52. The number of carbonyl (C=O) groups excluding carboxylic acids is 1. The summed E-state index contributed by atoms with van der Waals surface area (Å²) in [5.41, 5.74) is 5.48. The smallest absolute Gasteiger partial charge is 0.290 e. The van der Waals surface area contributed by atoms with Gasteiger partial charge < -0.3 is 15.1 Å². The molecule has 1 amide bonds. The zero-order chi connectivity index (χ0) is 12.4. The molecule has 0 radical (unpaired) electrons. The van der Waals surface area contributed by atoms with Gasteiger partial charge in [-0.3, -0.25) is 4.79 Å². The average Bonchev–Trinajstić information content (AvgIpc) is 2.77. The van der Waals surface area contributed by atoms with Crippen LogP contribution in [0.5, 0.6) is 0 Å². The highest BCUT2D eigenvalue weighted by Crippen LogP contribution is 2.25. The minimum Gasteiger partial charge on any atom is -0.455 e. The number of carbonyl (C=O) groups is 1. The molecule has 1 saturated heterocycles. The van der Waals surface area contributed by atoms with Crippen molar-refractivity contribution < 1.29 is 9.21 Å². The van der Waals surface area contributed by atoms with Crippen LogP contribution < -0.4 is 5.73 Å². The van der Waals surface area contributed by atoms with Crippen molar-refractivity contribution in [1.82, 2.24) is 4.90 Å². The van der Waals surface area contributed by atoms with Gasteiger partial charge >= 0.3 is 0 Å². The number of likely N-dealkylation sites (tertiary alicyclic amines) is 1. The Bertz CT molecular complexity index is 390. The van der Waals surface area contributed by atoms with Gasteiger partial charge in [0.15, 0.2) is 5.76 Å². The van der Waals surface area contributed by atoms with Gasteiger partial charge in [0.2, 0.25) is 0 Å². The van der Waals surface area contributed by atoms with Gasteiger partial charge in [-0.2, -0.15) is 0 Å². The number of furan rings is 1. The molecule has 2 atom stereocenters. The predicted molar refractivity (Wildman–Crippen MR) is 65.5 cm³/mol. The van der Waals surface area contributed by atoms with Crippen LogP contribution in [-0.2, 0) is 6.54 Å². The van der Waals surface area contributed by atoms with E-state index < -0.39 is 0 Å². The van der Waals surface area contributed by atoms with Crippen LogP contribution in [0.25, 0.3) is 0 Å². The fourth-order valence-electron chi connectivity index (χ4n) is 2.55. The molecule has 2 rings (SSSR count). The van der Waals surface area contributed by atoms with Crippen LogP contribution in [0.1, 0.15) is 49.4 Å². The quantitative estimate of drug-likeness (QED) is 0.855. The van der Waals surface area contributed by atoms with Gasteiger partial charge in [-0.1, -0.05) is 0 Å². The minimum absolute atomic E-state index is 0.00981. The van der Waals surface area contributed by atoms with E-state index in [1.165, 1.54) is 6.42 Å². The molecule has 1 aliphatic rings. The van der Waals surface area contributed by atoms with Crippen LogP contribution in [0.4, 0.5) is 0 Å². The Morgan fingerprint density at radius 3 is 2.59 bits per heavy atom. The molecule has 2 unspecified atom stereocenters. The van der Waals surface area contributed by atoms with Crippen LogP contribution in [0, 0.1) is 0 Å². The summed E-state index contributed by atoms with van der Waals surface area (Å²) in [6.07, 6.45) is 3.33. The Morgan fingerprint density at radius 2 is 2.06 bits per heavy atom. The average molecular weight is 236 g/mol. The highest BCUT2D eigenvalue weighted by Gasteiger charge is 2.31. The number of hydrogen-bond donors (Lipinski definition) is 1. The fraction of sp³-hybridized carbons (Fsp3) is 0.615. The molecule has 94 valence electrons. The number of nitrogens with two attached hydrogens (primary N) is 1. The molecule has 17 heavy (non-hydrogen) atoms. The van der Waals surface area contributed by atoms with Gasteiger partial charge in [-0.05, 0) is 45.2 Å². The monoisotopic (exact) mass is 236 g/mol. The topological polar surface area (TPSA) is 59.5 Å². The fourth-order valence-corrected chi connectivity index (χ4v) is 2.55. The van der Waals surface area contributed by atoms with Crippen molar-refractivity contribution in [2.45, 2.75) is 51.7 Å². The van der Waals surface area contributed by atoms with Crippen LogP contribution in [0.15, 0.2) is 16.5 Å². The Hall–Kier alpha value is -1.29. The number of rotatable bonds is 2. The van der Waals surface area contributed by atoms with E-state index in [1.54, 1.807) is 12.1 Å². The Morgan fingerprint density at radius 1 is 1.41 bits per heavy atom. The molecule has 4 nitrogen and oxygen atoms in total. The molecule has 1 aliphatic heterocycles. The van der Waals surface area contributed by atoms with Gasteiger partial charge in [0.05, 0.1) is 6.54 Å². The second-order valence-electron chi connectivity index (χ2n) is 4.81. The molecule has 1 aromatic heterocycles. The normalized spacial score (nSPS) is 25.0. The Balaban J connectivity index is 2.17. The Labute approximate surface area is 102 Å². The molecule has 0 bridgehead atoms. The maximum atomic E-state index is 12.3. The summed E-state index contributed by atoms with van der Waals surface area (Å²) < 4.78 is 5.43. The molecule has 0 spiro atoms. The van der Waals surface area contributed by atoms with Gasteiger partial charge in [-0.15, -0.1) is 0 Å². The zero-order valence-corrected chi connectivity index (χ0v) is 10.5. The van der Waals surface area contributed by atoms with E-state index in [0.29, 0.717) is 18.1 Å². The third-order valence-corrected chi connectivity index (χ3v) is 3.50. The standard InChI is InChI=1S/C13H20N2O2/c1-9-4-3-5-10(2)15(9)13(16)12-7-6-11(8-14)17-12/h6-7,9-10H,3-5,8,14H2,1-2H3. The van der Waals surface area contributed by atoms with Gasteiger partial charge in [0.1, 0.15) is 5.76 Å². The maximum absolute atomic E-state index is 12.3. The lowest BCUT2D eigenvalue weighted by atomic mass is 9.97. The summed E-state index contributed by atoms with van der Waals surface area (Å²) >= 11 is 0. The van der Waals surface area contributed by atoms with Crippen molar-refractivity contribution >= 4 is 5.91 Å². The van der Waals surface area contributed by atoms with Gasteiger partial charge in [0, 0.05) is 12.1 Å². The summed E-state index contributed by atoms with van der Waals surface area (Å²) in [4.78, 5) is 14.3. The van der Waals surface area contributed by atoms with Crippen LogP contribution in [0.3, 0.4) is 0 Å². The van der Waals surface area contributed by atoms with Crippen molar-refractivity contribution in [3.05, 3.63) is 23.7 Å². The van der Waals surface area contributed by atoms with Crippen LogP contribution in [0.2, 0.25) is 0 Å². The van der Waals surface area contributed by atoms with Crippen molar-refractivity contribution in [3.8, 4) is 0 Å². The maximum Gasteiger partial charge on any atom is 0.290 e. The second kappa shape index (κ2) is 4.92. The lowest BCUT2D eigenvalue weighted by Crippen LogP contribution is -2.47. The lowest BCUT2D eigenvalue weighted by molar-refractivity contribution is 0.0477. The number of hydrogen-bond acceptors (Lipinski definition) is 3. The van der Waals surface area contributed by atoms with Crippen LogP contribution >= 0.6 is 0 Å². The van der Waals surface area contributed by atoms with Crippen molar-refractivity contribution in [2.24, 2.45) is 5.73 Å². The first kappa shape index (κ1) is 12.2. The number of amides is 1. The first-order valence-electron chi connectivity index (χ1n) is 6.25. The van der Waals surface area contributed by atoms with E-state index in [-0.39, 0.29) is 18.0 Å². The molecule has 0 aromatic carbocycles. The third kappa shape index (κ3) is 2.36. The molecule has 1 fully saturated rings. The van der Waals surface area contributed by atoms with E-state index in [0.717, 1.165) is 12.8 Å². The molecule has 0 aliphatic carbocycles. The lowest BCUT2D eigenvalue weighted by Gasteiger charge is -2.38. The minimum atomic E-state index is -0.00981. The number of piperidine rings is 1. The summed E-state index contributed by atoms with van der Waals surface area (Å²) in [6, 6.07) is 4.07. The van der Waals surface area contributed by atoms with Gasteiger partial charge in [-0.25, -0.2) is 0 Å². The van der Waals surface area contributed by atoms with E-state index >= 15 is 0 Å². The highest BCUT2D eigenvalue weighted by molar-refractivity contribution is 5.92. The van der Waals surface area contributed by atoms with E-state index in [9.17, 15) is 4.79 Å². The summed E-state index contributed by atoms with van der Waals surface area (Å²) in [6.45, 7) is 4.53. The summed E-state index contributed by atoms with van der Waals surface area (Å²) in [7, 11) is 0. The first-order chi connectivity index (χ1) is 8.13. The molecule has 4 heteroatoms. The van der Waals surface area contributed by atoms with Crippen molar-refractivity contribution in [3.63, 3.8) is 0 Å². The molecular formula is C13H20N2O2. The summed E-state index contributed by atoms with van der Waals surface area (Å²) in [5, 5.41) is 0. The van der Waals surface area contributed by atoms with E-state index in [1.807, 2.05) is 4.90 Å². The predicted octanol–water partition coefficient (Wildman–Crippen LogP) is 2.14. The molecule has 0 saturated carbocycles. The zero-order valence-electron chi connectivity index (χ0n) is 10.5. The van der Waals surface area contributed by atoms with Crippen molar-refractivity contribution in [1.29, 1.82) is 0 Å². The number of nitrogens with zero attached hydrogens (tertiary/aromatic N) is 1. The molecule has 2 N–H and O–H groups in total. The second-order valence-corrected chi connectivity index (χ2v) is 4.81. The molecule has 1 aromatic rings. The largest absolute Gasteiger partial charge is 0.455 e. The van der Waals surface area contributed by atoms with Gasteiger partial charge in [0.25, 0.3) is 5.91 Å². The first-order valence-corrected chi connectivity index (χ1v) is 6.25. The van der Waals surface area contributed by atoms with Crippen molar-refractivity contribution in [2.75, 3.05) is 0 Å². The molecular weight excluding hydrogens is 216 g/mol. The summed E-state index contributed by atoms with van der Waals surface area (Å²) in [5.74, 6) is 1.06. The third-order valence-electron chi connectivity index (χ3n) is 3.50. The SMILES string of the molecule is CC1CCCC(C)N1C(=O)c1ccc(CN)o1. The van der Waals surface area contributed by atoms with E-state index in [2.05, 4.69) is 13.8 Å².